The third-order valence-electron chi connectivity index (χ3n) is 3.01. The van der Waals surface area contributed by atoms with Crippen LogP contribution in [0.3, 0.4) is 0 Å². The van der Waals surface area contributed by atoms with E-state index in [4.69, 9.17) is 5.11 Å². The number of anilines is 1. The van der Waals surface area contributed by atoms with Gasteiger partial charge in [0.1, 0.15) is 4.75 Å². The van der Waals surface area contributed by atoms with E-state index >= 15 is 0 Å². The number of hydrogen-bond donors (Lipinski definition) is 2. The van der Waals surface area contributed by atoms with Crippen LogP contribution >= 0.6 is 0 Å². The number of aromatic carboxylic acids is 1. The molecule has 0 atom stereocenters. The Bertz CT molecular complexity index is 713. The molecule has 1 rings (SSSR count). The van der Waals surface area contributed by atoms with E-state index in [1.807, 2.05) is 5.32 Å². The SMILES string of the molecule is CC(C)(C(=O)Nc1cc(F)c(F)cc1C(=O)O)S(C)(=O)=O. The van der Waals surface area contributed by atoms with E-state index in [0.717, 1.165) is 20.1 Å². The summed E-state index contributed by atoms with van der Waals surface area (Å²) in [7, 11) is -3.80. The fourth-order valence-electron chi connectivity index (χ4n) is 1.27. The monoisotopic (exact) mass is 321 g/mol. The van der Waals surface area contributed by atoms with Crippen molar-refractivity contribution in [3.05, 3.63) is 29.3 Å². The maximum atomic E-state index is 13.2. The van der Waals surface area contributed by atoms with Crippen LogP contribution in [0.25, 0.3) is 0 Å². The molecule has 21 heavy (non-hydrogen) atoms. The molecule has 1 amide bonds. The molecule has 9 heteroatoms. The van der Waals surface area contributed by atoms with Gasteiger partial charge in [-0.1, -0.05) is 0 Å². The molecular formula is C12H13F2NO5S. The summed E-state index contributed by atoms with van der Waals surface area (Å²) >= 11 is 0. The van der Waals surface area contributed by atoms with Crippen LogP contribution in [0.5, 0.6) is 0 Å². The summed E-state index contributed by atoms with van der Waals surface area (Å²) in [4.78, 5) is 22.9. The zero-order valence-corrected chi connectivity index (χ0v) is 12.2. The minimum atomic E-state index is -3.80. The highest BCUT2D eigenvalue weighted by molar-refractivity contribution is 7.92. The van der Waals surface area contributed by atoms with Gasteiger partial charge in [-0.3, -0.25) is 4.79 Å². The summed E-state index contributed by atoms with van der Waals surface area (Å²) in [6.45, 7) is 2.22. The molecule has 0 heterocycles. The predicted molar refractivity (Wildman–Crippen MR) is 70.9 cm³/mol. The van der Waals surface area contributed by atoms with Crippen LogP contribution in [0.2, 0.25) is 0 Å². The normalized spacial score (nSPS) is 12.0. The number of halogens is 2. The highest BCUT2D eigenvalue weighted by atomic mass is 32.2. The van der Waals surface area contributed by atoms with Crippen molar-refractivity contribution in [3.8, 4) is 0 Å². The fraction of sp³-hybridized carbons (Fsp3) is 0.333. The van der Waals surface area contributed by atoms with E-state index < -0.39 is 49.3 Å². The molecule has 0 aliphatic carbocycles. The average Bonchev–Trinajstić information content (AvgIpc) is 2.31. The molecule has 0 aliphatic heterocycles. The summed E-state index contributed by atoms with van der Waals surface area (Å²) < 4.78 is 47.4. The number of rotatable bonds is 4. The molecule has 0 radical (unpaired) electrons. The number of carbonyl (C=O) groups is 2. The Balaban J connectivity index is 3.29. The number of sulfone groups is 1. The molecule has 1 aromatic rings. The van der Waals surface area contributed by atoms with Gasteiger partial charge >= 0.3 is 5.97 Å². The minimum absolute atomic E-state index is 0.403. The molecule has 0 fully saturated rings. The van der Waals surface area contributed by atoms with E-state index in [1.54, 1.807) is 0 Å². The van der Waals surface area contributed by atoms with Crippen LogP contribution in [-0.4, -0.2) is 36.4 Å². The highest BCUT2D eigenvalue weighted by Gasteiger charge is 2.39. The van der Waals surface area contributed by atoms with Gasteiger partial charge in [0.15, 0.2) is 21.5 Å². The lowest BCUT2D eigenvalue weighted by molar-refractivity contribution is -0.117. The van der Waals surface area contributed by atoms with Crippen LogP contribution in [0.15, 0.2) is 12.1 Å². The quantitative estimate of drug-likeness (QED) is 0.873. The minimum Gasteiger partial charge on any atom is -0.478 e. The molecule has 0 unspecified atom stereocenters. The number of benzene rings is 1. The Morgan fingerprint density at radius 3 is 2.10 bits per heavy atom. The van der Waals surface area contributed by atoms with Crippen LogP contribution in [0.4, 0.5) is 14.5 Å². The Kier molecular flexibility index (Phi) is 4.37. The number of nitrogens with one attached hydrogen (secondary N) is 1. The Labute approximate surface area is 119 Å². The van der Waals surface area contributed by atoms with Gasteiger partial charge in [0.25, 0.3) is 0 Å². The summed E-state index contributed by atoms with van der Waals surface area (Å²) in [6.07, 6.45) is 0.829. The van der Waals surface area contributed by atoms with Crippen LogP contribution in [0, 0.1) is 11.6 Å². The first-order valence-electron chi connectivity index (χ1n) is 5.61. The predicted octanol–water partition coefficient (Wildman–Crippen LogP) is 1.42. The van der Waals surface area contributed by atoms with Gasteiger partial charge in [0.05, 0.1) is 11.3 Å². The van der Waals surface area contributed by atoms with Gasteiger partial charge in [-0.25, -0.2) is 22.0 Å². The summed E-state index contributed by atoms with van der Waals surface area (Å²) in [5.74, 6) is -5.42. The first-order chi connectivity index (χ1) is 9.37. The van der Waals surface area contributed by atoms with Crippen molar-refractivity contribution in [2.75, 3.05) is 11.6 Å². The first kappa shape index (κ1) is 17.0. The van der Waals surface area contributed by atoms with E-state index in [0.29, 0.717) is 12.1 Å². The molecule has 0 saturated heterocycles. The zero-order valence-electron chi connectivity index (χ0n) is 11.4. The Morgan fingerprint density at radius 1 is 1.19 bits per heavy atom. The lowest BCUT2D eigenvalue weighted by Crippen LogP contribution is -2.44. The lowest BCUT2D eigenvalue weighted by Gasteiger charge is -2.22. The Morgan fingerprint density at radius 2 is 1.67 bits per heavy atom. The van der Waals surface area contributed by atoms with Crippen LogP contribution in [0.1, 0.15) is 24.2 Å². The number of carboxylic acids is 1. The van der Waals surface area contributed by atoms with E-state index in [9.17, 15) is 26.8 Å². The second-order valence-electron chi connectivity index (χ2n) is 4.85. The molecular weight excluding hydrogens is 308 g/mol. The highest BCUT2D eigenvalue weighted by Crippen LogP contribution is 2.23. The van der Waals surface area contributed by atoms with Gasteiger partial charge in [-0.2, -0.15) is 0 Å². The Hall–Kier alpha value is -2.03. The van der Waals surface area contributed by atoms with Crippen molar-refractivity contribution in [3.63, 3.8) is 0 Å². The maximum absolute atomic E-state index is 13.2. The number of amides is 1. The largest absolute Gasteiger partial charge is 0.478 e. The second-order valence-corrected chi connectivity index (χ2v) is 7.42. The van der Waals surface area contributed by atoms with Crippen molar-refractivity contribution in [2.24, 2.45) is 0 Å². The molecule has 0 bridgehead atoms. The maximum Gasteiger partial charge on any atom is 0.337 e. The molecule has 0 spiro atoms. The fourth-order valence-corrected chi connectivity index (χ4v) is 1.66. The molecule has 116 valence electrons. The number of carbonyl (C=O) groups excluding carboxylic acids is 1. The van der Waals surface area contributed by atoms with E-state index in [1.165, 1.54) is 0 Å². The van der Waals surface area contributed by atoms with Gasteiger partial charge in [-0.15, -0.1) is 0 Å². The first-order valence-corrected chi connectivity index (χ1v) is 7.50. The van der Waals surface area contributed by atoms with Crippen molar-refractivity contribution >= 4 is 27.4 Å². The molecule has 0 aromatic heterocycles. The van der Waals surface area contributed by atoms with E-state index in [-0.39, 0.29) is 0 Å². The molecule has 6 nitrogen and oxygen atoms in total. The summed E-state index contributed by atoms with van der Waals surface area (Å²) in [5, 5.41) is 10.9. The standard InChI is InChI=1S/C12H13F2NO5S/c1-12(2,21(3,19)20)11(18)15-9-5-8(14)7(13)4-6(9)10(16)17/h4-5H,1-3H3,(H,15,18)(H,16,17). The molecule has 2 N–H and O–H groups in total. The van der Waals surface area contributed by atoms with Crippen molar-refractivity contribution in [2.45, 2.75) is 18.6 Å². The van der Waals surface area contributed by atoms with Crippen molar-refractivity contribution < 1.29 is 31.9 Å². The topological polar surface area (TPSA) is 101 Å². The van der Waals surface area contributed by atoms with E-state index in [2.05, 4.69) is 0 Å². The van der Waals surface area contributed by atoms with Crippen molar-refractivity contribution in [1.29, 1.82) is 0 Å². The average molecular weight is 321 g/mol. The summed E-state index contributed by atoms with van der Waals surface area (Å²) in [6, 6.07) is 0.885. The summed E-state index contributed by atoms with van der Waals surface area (Å²) in [5.41, 5.74) is -1.21. The van der Waals surface area contributed by atoms with Gasteiger partial charge < -0.3 is 10.4 Å². The van der Waals surface area contributed by atoms with Crippen LogP contribution in [-0.2, 0) is 14.6 Å². The van der Waals surface area contributed by atoms with Gasteiger partial charge in [0.2, 0.25) is 5.91 Å². The molecule has 1 aromatic carbocycles. The second kappa shape index (κ2) is 5.40. The smallest absolute Gasteiger partial charge is 0.337 e. The molecule has 0 aliphatic rings. The third kappa shape index (κ3) is 3.35. The van der Waals surface area contributed by atoms with Gasteiger partial charge in [0, 0.05) is 12.3 Å². The van der Waals surface area contributed by atoms with Crippen molar-refractivity contribution in [1.82, 2.24) is 0 Å². The number of carboxylic acid groups (broad SMARTS) is 1. The lowest BCUT2D eigenvalue weighted by atomic mass is 10.1. The van der Waals surface area contributed by atoms with Gasteiger partial charge in [-0.05, 0) is 19.9 Å². The third-order valence-corrected chi connectivity index (χ3v) is 5.05. The zero-order chi connectivity index (χ0) is 16.6. The van der Waals surface area contributed by atoms with Crippen LogP contribution < -0.4 is 5.32 Å². The molecule has 0 saturated carbocycles. The number of hydrogen-bond acceptors (Lipinski definition) is 4.